The maximum absolute atomic E-state index is 14.0. The van der Waals surface area contributed by atoms with Gasteiger partial charge in [-0.2, -0.15) is 0 Å². The van der Waals surface area contributed by atoms with Crippen LogP contribution in [0.4, 0.5) is 14.9 Å². The summed E-state index contributed by atoms with van der Waals surface area (Å²) in [5.74, 6) is -1.33. The summed E-state index contributed by atoms with van der Waals surface area (Å²) >= 11 is 0. The maximum Gasteiger partial charge on any atom is 0.407 e. The molecule has 30 heavy (non-hydrogen) atoms. The number of benzene rings is 1. The molecule has 3 unspecified atom stereocenters. The topological polar surface area (TPSA) is 87.7 Å². The Balaban J connectivity index is 1.53. The molecule has 0 bridgehead atoms. The Morgan fingerprint density at radius 2 is 1.97 bits per heavy atom. The summed E-state index contributed by atoms with van der Waals surface area (Å²) < 4.78 is 19.3. The molecule has 1 aromatic rings. The Hall–Kier alpha value is -2.64. The maximum atomic E-state index is 14.0. The molecule has 1 aliphatic heterocycles. The van der Waals surface area contributed by atoms with Gasteiger partial charge in [-0.25, -0.2) is 9.18 Å². The van der Waals surface area contributed by atoms with Crippen molar-refractivity contribution in [3.05, 3.63) is 30.1 Å². The molecule has 2 N–H and O–H groups in total. The molecule has 0 radical (unpaired) electrons. The van der Waals surface area contributed by atoms with Crippen molar-refractivity contribution in [1.29, 1.82) is 0 Å². The average Bonchev–Trinajstić information content (AvgIpc) is 3.25. The molecule has 3 atom stereocenters. The van der Waals surface area contributed by atoms with Crippen LogP contribution >= 0.6 is 0 Å². The lowest BCUT2D eigenvalue weighted by Gasteiger charge is -2.24. The second-order valence-electron chi connectivity index (χ2n) is 9.05. The van der Waals surface area contributed by atoms with Gasteiger partial charge < -0.3 is 20.3 Å². The van der Waals surface area contributed by atoms with Gasteiger partial charge in [-0.1, -0.05) is 18.6 Å². The van der Waals surface area contributed by atoms with E-state index in [9.17, 15) is 18.8 Å². The van der Waals surface area contributed by atoms with Crippen LogP contribution in [0.5, 0.6) is 0 Å². The number of amides is 3. The fraction of sp³-hybridized carbons (Fsp3) is 0.591. The highest BCUT2D eigenvalue weighted by molar-refractivity contribution is 6.00. The van der Waals surface area contributed by atoms with Crippen molar-refractivity contribution in [2.45, 2.75) is 58.1 Å². The number of alkyl carbamates (subject to hydrolysis) is 1. The third kappa shape index (κ3) is 5.49. The fourth-order valence-electron chi connectivity index (χ4n) is 4.09. The second-order valence-corrected chi connectivity index (χ2v) is 9.05. The van der Waals surface area contributed by atoms with Crippen molar-refractivity contribution in [2.24, 2.45) is 11.8 Å². The minimum atomic E-state index is -0.563. The largest absolute Gasteiger partial charge is 0.444 e. The summed E-state index contributed by atoms with van der Waals surface area (Å²) in [5.41, 5.74) is -0.356. The Kier molecular flexibility index (Phi) is 6.63. The zero-order chi connectivity index (χ0) is 21.9. The van der Waals surface area contributed by atoms with Gasteiger partial charge in [-0.3, -0.25) is 9.59 Å². The zero-order valence-corrected chi connectivity index (χ0v) is 17.7. The van der Waals surface area contributed by atoms with Crippen LogP contribution in [0, 0.1) is 17.7 Å². The molecule has 0 aromatic heterocycles. The van der Waals surface area contributed by atoms with Gasteiger partial charge >= 0.3 is 6.09 Å². The van der Waals surface area contributed by atoms with E-state index in [1.165, 1.54) is 11.0 Å². The van der Waals surface area contributed by atoms with E-state index in [0.29, 0.717) is 6.54 Å². The summed E-state index contributed by atoms with van der Waals surface area (Å²) in [6, 6.07) is 6.01. The first kappa shape index (κ1) is 22.1. The minimum absolute atomic E-state index is 0.0632. The number of anilines is 1. The molecule has 0 spiro atoms. The Morgan fingerprint density at radius 3 is 2.67 bits per heavy atom. The van der Waals surface area contributed by atoms with Crippen LogP contribution in [0.2, 0.25) is 0 Å². The van der Waals surface area contributed by atoms with Crippen LogP contribution in [0.15, 0.2) is 24.3 Å². The standard InChI is InChI=1S/C22H30FN3O4/c1-22(2,3)30-21(29)24-12-14-7-6-9-17(14)25-20(28)15-11-19(27)26(13-15)18-10-5-4-8-16(18)23/h4-5,8,10,14-15,17H,6-7,9,11-13H2,1-3H3,(H,24,29)(H,25,28). The van der Waals surface area contributed by atoms with E-state index in [0.717, 1.165) is 19.3 Å². The molecule has 1 saturated carbocycles. The number of ether oxygens (including phenoxy) is 1. The van der Waals surface area contributed by atoms with Crippen LogP contribution in [-0.4, -0.2) is 42.6 Å². The Bertz CT molecular complexity index is 808. The molecule has 1 aliphatic carbocycles. The number of hydrogen-bond acceptors (Lipinski definition) is 4. The van der Waals surface area contributed by atoms with Crippen LogP contribution in [0.25, 0.3) is 0 Å². The molecular formula is C22H30FN3O4. The number of para-hydroxylation sites is 1. The molecule has 8 heteroatoms. The smallest absolute Gasteiger partial charge is 0.407 e. The number of nitrogens with one attached hydrogen (secondary N) is 2. The van der Waals surface area contributed by atoms with Crippen molar-refractivity contribution < 1.29 is 23.5 Å². The van der Waals surface area contributed by atoms with E-state index in [1.807, 2.05) is 0 Å². The summed E-state index contributed by atoms with van der Waals surface area (Å²) in [7, 11) is 0. The van der Waals surface area contributed by atoms with E-state index in [1.54, 1.807) is 39.0 Å². The predicted molar refractivity (Wildman–Crippen MR) is 110 cm³/mol. The first-order chi connectivity index (χ1) is 14.1. The molecule has 164 valence electrons. The summed E-state index contributed by atoms with van der Waals surface area (Å²) in [4.78, 5) is 38.4. The van der Waals surface area contributed by atoms with Crippen molar-refractivity contribution in [3.8, 4) is 0 Å². The lowest BCUT2D eigenvalue weighted by Crippen LogP contribution is -2.45. The highest BCUT2D eigenvalue weighted by atomic mass is 19.1. The highest BCUT2D eigenvalue weighted by Crippen LogP contribution is 2.29. The van der Waals surface area contributed by atoms with Gasteiger partial charge in [0.2, 0.25) is 11.8 Å². The first-order valence-corrected chi connectivity index (χ1v) is 10.5. The molecule has 3 amide bonds. The third-order valence-electron chi connectivity index (χ3n) is 5.53. The first-order valence-electron chi connectivity index (χ1n) is 10.5. The molecule has 1 saturated heterocycles. The fourth-order valence-corrected chi connectivity index (χ4v) is 4.09. The number of carbonyl (C=O) groups excluding carboxylic acids is 3. The lowest BCUT2D eigenvalue weighted by molar-refractivity contribution is -0.127. The predicted octanol–water partition coefficient (Wildman–Crippen LogP) is 2.99. The van der Waals surface area contributed by atoms with Gasteiger partial charge in [0.15, 0.2) is 0 Å². The number of carbonyl (C=O) groups is 3. The van der Waals surface area contributed by atoms with E-state index >= 15 is 0 Å². The molecular weight excluding hydrogens is 389 g/mol. The normalized spacial score (nSPS) is 24.1. The van der Waals surface area contributed by atoms with Crippen molar-refractivity contribution in [1.82, 2.24) is 10.6 Å². The van der Waals surface area contributed by atoms with Crippen molar-refractivity contribution in [3.63, 3.8) is 0 Å². The molecule has 2 aliphatic rings. The molecule has 1 aromatic carbocycles. The SMILES string of the molecule is CC(C)(C)OC(=O)NCC1CCCC1NC(=O)C1CC(=O)N(c2ccccc2F)C1. The van der Waals surface area contributed by atoms with Crippen LogP contribution in [0.1, 0.15) is 46.5 Å². The summed E-state index contributed by atoms with van der Waals surface area (Å²) in [6.07, 6.45) is 2.27. The zero-order valence-electron chi connectivity index (χ0n) is 17.7. The van der Waals surface area contributed by atoms with Crippen LogP contribution in [-0.2, 0) is 14.3 Å². The van der Waals surface area contributed by atoms with E-state index in [4.69, 9.17) is 4.74 Å². The van der Waals surface area contributed by atoms with Crippen LogP contribution < -0.4 is 15.5 Å². The number of nitrogens with zero attached hydrogens (tertiary/aromatic N) is 1. The second kappa shape index (κ2) is 9.02. The van der Waals surface area contributed by atoms with Crippen molar-refractivity contribution in [2.75, 3.05) is 18.0 Å². The Labute approximate surface area is 176 Å². The molecule has 3 rings (SSSR count). The van der Waals surface area contributed by atoms with Gasteiger partial charge in [-0.15, -0.1) is 0 Å². The van der Waals surface area contributed by atoms with Gasteiger partial charge in [0, 0.05) is 25.6 Å². The van der Waals surface area contributed by atoms with Gasteiger partial charge in [-0.05, 0) is 51.7 Å². The average molecular weight is 419 g/mol. The van der Waals surface area contributed by atoms with E-state index in [-0.39, 0.29) is 42.4 Å². The van der Waals surface area contributed by atoms with E-state index in [2.05, 4.69) is 10.6 Å². The van der Waals surface area contributed by atoms with Crippen molar-refractivity contribution >= 4 is 23.6 Å². The van der Waals surface area contributed by atoms with Gasteiger partial charge in [0.1, 0.15) is 11.4 Å². The summed E-state index contributed by atoms with van der Waals surface area (Å²) in [6.45, 7) is 6.00. The number of rotatable bonds is 5. The Morgan fingerprint density at radius 1 is 1.23 bits per heavy atom. The van der Waals surface area contributed by atoms with E-state index < -0.39 is 23.4 Å². The summed E-state index contributed by atoms with van der Waals surface area (Å²) in [5, 5.41) is 5.83. The quantitative estimate of drug-likeness (QED) is 0.768. The lowest BCUT2D eigenvalue weighted by atomic mass is 10.0. The van der Waals surface area contributed by atoms with Crippen LogP contribution in [0.3, 0.4) is 0 Å². The number of halogens is 1. The highest BCUT2D eigenvalue weighted by Gasteiger charge is 2.38. The monoisotopic (exact) mass is 419 g/mol. The number of hydrogen-bond donors (Lipinski definition) is 2. The molecule has 2 fully saturated rings. The molecule has 1 heterocycles. The molecule has 7 nitrogen and oxygen atoms in total. The van der Waals surface area contributed by atoms with Gasteiger partial charge in [0.05, 0.1) is 11.6 Å². The van der Waals surface area contributed by atoms with Gasteiger partial charge in [0.25, 0.3) is 0 Å². The minimum Gasteiger partial charge on any atom is -0.444 e. The third-order valence-corrected chi connectivity index (χ3v) is 5.53.